The molecular weight excluding hydrogens is 500 g/mol. The highest BCUT2D eigenvalue weighted by Gasteiger charge is 2.35. The van der Waals surface area contributed by atoms with Gasteiger partial charge in [-0.15, -0.1) is 0 Å². The largest absolute Gasteiger partial charge is 0.307 e. The molecule has 1 atom stereocenters. The average Bonchev–Trinajstić information content (AvgIpc) is 3.06. The molecule has 1 aliphatic rings. The highest BCUT2D eigenvalue weighted by molar-refractivity contribution is 7.90. The van der Waals surface area contributed by atoms with Crippen molar-refractivity contribution < 1.29 is 35.6 Å². The summed E-state index contributed by atoms with van der Waals surface area (Å²) in [5.74, 6) is -6.60. The number of hydrogen-bond donors (Lipinski definition) is 1. The van der Waals surface area contributed by atoms with Gasteiger partial charge in [0, 0.05) is 6.08 Å². The lowest BCUT2D eigenvalue weighted by Gasteiger charge is -2.20. The Balaban J connectivity index is 1.60. The molecule has 6 nitrogen and oxygen atoms in total. The normalized spacial score (nSPS) is 15.4. The Kier molecular flexibility index (Phi) is 6.68. The third kappa shape index (κ3) is 4.87. The number of anilines is 1. The van der Waals surface area contributed by atoms with E-state index >= 15 is 0 Å². The number of sulfonamides is 1. The third-order valence-electron chi connectivity index (χ3n) is 5.65. The molecule has 11 heteroatoms. The first-order valence-corrected chi connectivity index (χ1v) is 12.0. The maximum Gasteiger partial charge on any atom is 0.264 e. The zero-order valence-electron chi connectivity index (χ0n) is 18.6. The molecule has 3 aromatic rings. The van der Waals surface area contributed by atoms with E-state index < -0.39 is 50.0 Å². The minimum Gasteiger partial charge on any atom is -0.307 e. The van der Waals surface area contributed by atoms with E-state index in [0.29, 0.717) is 34.5 Å². The van der Waals surface area contributed by atoms with E-state index in [0.717, 1.165) is 24.3 Å². The molecule has 0 aromatic heterocycles. The molecule has 0 aliphatic carbocycles. The summed E-state index contributed by atoms with van der Waals surface area (Å²) in [7, 11) is -4.48. The van der Waals surface area contributed by atoms with Crippen molar-refractivity contribution in [3.63, 3.8) is 0 Å². The van der Waals surface area contributed by atoms with Crippen LogP contribution in [0.15, 0.2) is 65.6 Å². The van der Waals surface area contributed by atoms with Crippen molar-refractivity contribution in [3.8, 4) is 0 Å². The number of nitrogens with one attached hydrogen (secondary N) is 1. The second-order valence-electron chi connectivity index (χ2n) is 8.06. The molecule has 0 radical (unpaired) electrons. The number of fused-ring (bicyclic) bond motifs is 1. The highest BCUT2D eigenvalue weighted by atomic mass is 32.2. The predicted molar refractivity (Wildman–Crippen MR) is 123 cm³/mol. The number of para-hydroxylation sites is 1. The van der Waals surface area contributed by atoms with E-state index in [1.807, 2.05) is 0 Å². The van der Waals surface area contributed by atoms with Gasteiger partial charge in [0.15, 0.2) is 23.3 Å². The van der Waals surface area contributed by atoms with Crippen LogP contribution < -0.4 is 9.62 Å². The van der Waals surface area contributed by atoms with Crippen LogP contribution in [0, 0.1) is 23.3 Å². The summed E-state index contributed by atoms with van der Waals surface area (Å²) in [4.78, 5) is 26.0. The first-order chi connectivity index (χ1) is 17.0. The summed E-state index contributed by atoms with van der Waals surface area (Å²) < 4.78 is 79.9. The molecule has 0 saturated carbocycles. The van der Waals surface area contributed by atoms with Crippen LogP contribution in [0.3, 0.4) is 0 Å². The van der Waals surface area contributed by atoms with Crippen LogP contribution in [-0.2, 0) is 26.2 Å². The van der Waals surface area contributed by atoms with E-state index in [1.165, 1.54) is 17.0 Å². The van der Waals surface area contributed by atoms with E-state index in [-0.39, 0.29) is 12.5 Å². The number of carbonyl (C=O) groups excluding carboxylic acids is 2. The molecule has 1 N–H and O–H groups in total. The van der Waals surface area contributed by atoms with Crippen molar-refractivity contribution in [3.05, 3.63) is 101 Å². The molecular formula is C25H18F4N2O4S. The fraction of sp³-hybridized carbons (Fsp3) is 0.120. The van der Waals surface area contributed by atoms with E-state index in [2.05, 4.69) is 0 Å². The molecule has 36 heavy (non-hydrogen) atoms. The monoisotopic (exact) mass is 518 g/mol. The Morgan fingerprint density at radius 3 is 2.31 bits per heavy atom. The van der Waals surface area contributed by atoms with Gasteiger partial charge in [0.05, 0.1) is 23.0 Å². The molecule has 4 rings (SSSR count). The number of halogens is 4. The van der Waals surface area contributed by atoms with Gasteiger partial charge in [-0.25, -0.2) is 30.7 Å². The standard InChI is InChI=1S/C25H18F4N2O4S/c1-14-18-4-2-3-16(24(18)31(25(14)33)13-15-5-8-19(26)21(28)11-15)6-10-23(32)30-36(34,35)17-7-9-20(27)22(29)12-17/h2-12,14H,13H2,1H3,(H,30,32)/b10-6+. The molecule has 1 aliphatic heterocycles. The quantitative estimate of drug-likeness (QED) is 0.387. The lowest BCUT2D eigenvalue weighted by atomic mass is 10.00. The van der Waals surface area contributed by atoms with Crippen molar-refractivity contribution in [1.82, 2.24) is 4.72 Å². The van der Waals surface area contributed by atoms with E-state index in [1.54, 1.807) is 29.8 Å². The van der Waals surface area contributed by atoms with Crippen LogP contribution in [0.4, 0.5) is 23.2 Å². The molecule has 1 heterocycles. The fourth-order valence-electron chi connectivity index (χ4n) is 3.86. The Labute approximate surface area is 203 Å². The summed E-state index contributed by atoms with van der Waals surface area (Å²) in [6, 6.07) is 10.1. The van der Waals surface area contributed by atoms with Gasteiger partial charge in [-0.05, 0) is 60.0 Å². The zero-order valence-corrected chi connectivity index (χ0v) is 19.5. The summed E-state index contributed by atoms with van der Waals surface area (Å²) >= 11 is 0. The molecule has 0 spiro atoms. The minimum absolute atomic E-state index is 0.0606. The number of carbonyl (C=O) groups is 2. The second kappa shape index (κ2) is 9.57. The maximum atomic E-state index is 13.7. The van der Waals surface area contributed by atoms with Gasteiger partial charge in [-0.1, -0.05) is 24.3 Å². The topological polar surface area (TPSA) is 83.6 Å². The molecule has 0 saturated heterocycles. The lowest BCUT2D eigenvalue weighted by Crippen LogP contribution is -2.29. The Morgan fingerprint density at radius 2 is 1.64 bits per heavy atom. The molecule has 2 amide bonds. The van der Waals surface area contributed by atoms with Gasteiger partial charge in [-0.2, -0.15) is 0 Å². The first kappa shape index (κ1) is 25.1. The van der Waals surface area contributed by atoms with Crippen LogP contribution in [0.2, 0.25) is 0 Å². The van der Waals surface area contributed by atoms with Gasteiger partial charge in [0.1, 0.15) is 0 Å². The summed E-state index contributed by atoms with van der Waals surface area (Å²) in [5, 5.41) is 0. The number of rotatable bonds is 6. The Hall–Kier alpha value is -3.99. The van der Waals surface area contributed by atoms with Crippen molar-refractivity contribution in [2.45, 2.75) is 24.3 Å². The number of benzene rings is 3. The molecule has 0 bridgehead atoms. The predicted octanol–water partition coefficient (Wildman–Crippen LogP) is 4.41. The van der Waals surface area contributed by atoms with Gasteiger partial charge < -0.3 is 4.90 Å². The van der Waals surface area contributed by atoms with Crippen molar-refractivity contribution in [2.75, 3.05) is 4.90 Å². The van der Waals surface area contributed by atoms with Crippen molar-refractivity contribution in [1.29, 1.82) is 0 Å². The SMILES string of the molecule is CC1C(=O)N(Cc2ccc(F)c(F)c2)c2c(/C=C/C(=O)NS(=O)(=O)c3ccc(F)c(F)c3)cccc21. The minimum atomic E-state index is -4.48. The van der Waals surface area contributed by atoms with Crippen LogP contribution in [0.1, 0.15) is 29.5 Å². The average molecular weight is 518 g/mol. The van der Waals surface area contributed by atoms with Gasteiger partial charge in [-0.3, -0.25) is 9.59 Å². The molecule has 186 valence electrons. The van der Waals surface area contributed by atoms with Gasteiger partial charge in [0.25, 0.3) is 15.9 Å². The number of amides is 2. The Morgan fingerprint density at radius 1 is 0.972 bits per heavy atom. The van der Waals surface area contributed by atoms with Crippen LogP contribution in [0.25, 0.3) is 6.08 Å². The first-order valence-electron chi connectivity index (χ1n) is 10.6. The van der Waals surface area contributed by atoms with Crippen LogP contribution >= 0.6 is 0 Å². The number of hydrogen-bond acceptors (Lipinski definition) is 4. The fourth-order valence-corrected chi connectivity index (χ4v) is 4.82. The van der Waals surface area contributed by atoms with Crippen LogP contribution in [-0.4, -0.2) is 20.2 Å². The van der Waals surface area contributed by atoms with E-state index in [4.69, 9.17) is 0 Å². The van der Waals surface area contributed by atoms with Crippen molar-refractivity contribution >= 4 is 33.6 Å². The molecule has 3 aromatic carbocycles. The highest BCUT2D eigenvalue weighted by Crippen LogP contribution is 2.41. The summed E-state index contributed by atoms with van der Waals surface area (Å²) in [6.45, 7) is 1.62. The van der Waals surface area contributed by atoms with Gasteiger partial charge >= 0.3 is 0 Å². The smallest absolute Gasteiger partial charge is 0.264 e. The van der Waals surface area contributed by atoms with Crippen molar-refractivity contribution in [2.24, 2.45) is 0 Å². The maximum absolute atomic E-state index is 13.7. The summed E-state index contributed by atoms with van der Waals surface area (Å²) in [5.41, 5.74) is 1.82. The Bertz CT molecular complexity index is 1520. The lowest BCUT2D eigenvalue weighted by molar-refractivity contribution is -0.119. The zero-order chi connectivity index (χ0) is 26.2. The van der Waals surface area contributed by atoms with Gasteiger partial charge in [0.2, 0.25) is 5.91 Å². The van der Waals surface area contributed by atoms with Crippen LogP contribution in [0.5, 0.6) is 0 Å². The molecule has 1 unspecified atom stereocenters. The number of nitrogens with zero attached hydrogens (tertiary/aromatic N) is 1. The summed E-state index contributed by atoms with van der Waals surface area (Å²) in [6.07, 6.45) is 2.20. The van der Waals surface area contributed by atoms with E-state index in [9.17, 15) is 35.6 Å². The second-order valence-corrected chi connectivity index (χ2v) is 9.74. The third-order valence-corrected chi connectivity index (χ3v) is 6.99. The molecule has 0 fully saturated rings.